The molecular formula is C19H29N3OS. The highest BCUT2D eigenvalue weighted by Gasteiger charge is 2.31. The van der Waals surface area contributed by atoms with Crippen molar-refractivity contribution in [1.82, 2.24) is 15.0 Å². The van der Waals surface area contributed by atoms with Gasteiger partial charge in [-0.15, -0.1) is 16.4 Å². The van der Waals surface area contributed by atoms with Crippen molar-refractivity contribution in [2.45, 2.75) is 79.2 Å². The Kier molecular flexibility index (Phi) is 5.09. The number of hydrogen-bond acceptors (Lipinski definition) is 4. The lowest BCUT2D eigenvalue weighted by Crippen LogP contribution is -2.27. The molecule has 0 bridgehead atoms. The van der Waals surface area contributed by atoms with Crippen molar-refractivity contribution in [3.8, 4) is 0 Å². The van der Waals surface area contributed by atoms with Gasteiger partial charge in [0.15, 0.2) is 4.83 Å². The number of fused-ring (bicyclic) bond motifs is 3. The average molecular weight is 348 g/mol. The SMILES string of the molecule is CCCCCCn1nnc2sc3c(c2c1=O)CC[C@@H](C(C)(C)C)C3. The molecule has 1 atom stereocenters. The number of thiophene rings is 1. The van der Waals surface area contributed by atoms with Crippen molar-refractivity contribution in [3.05, 3.63) is 20.8 Å². The van der Waals surface area contributed by atoms with Gasteiger partial charge in [-0.2, -0.15) is 0 Å². The van der Waals surface area contributed by atoms with Gasteiger partial charge >= 0.3 is 0 Å². The summed E-state index contributed by atoms with van der Waals surface area (Å²) in [6, 6.07) is 0. The summed E-state index contributed by atoms with van der Waals surface area (Å²) < 4.78 is 1.58. The Labute approximate surface area is 148 Å². The van der Waals surface area contributed by atoms with E-state index in [4.69, 9.17) is 0 Å². The number of rotatable bonds is 5. The Balaban J connectivity index is 1.89. The van der Waals surface area contributed by atoms with Gasteiger partial charge in [0.2, 0.25) is 0 Å². The average Bonchev–Trinajstić information content (AvgIpc) is 2.91. The predicted octanol–water partition coefficient (Wildman–Crippen LogP) is 4.58. The summed E-state index contributed by atoms with van der Waals surface area (Å²) >= 11 is 1.69. The van der Waals surface area contributed by atoms with Crippen LogP contribution in [-0.2, 0) is 19.4 Å². The van der Waals surface area contributed by atoms with Crippen LogP contribution in [0.4, 0.5) is 0 Å². The number of nitrogens with zero attached hydrogens (tertiary/aromatic N) is 3. The molecular weight excluding hydrogens is 318 g/mol. The lowest BCUT2D eigenvalue weighted by Gasteiger charge is -2.33. The number of unbranched alkanes of at least 4 members (excludes halogenated alkanes) is 3. The maximum atomic E-state index is 12.9. The molecule has 1 aliphatic carbocycles. The van der Waals surface area contributed by atoms with Crippen LogP contribution >= 0.6 is 11.3 Å². The summed E-state index contributed by atoms with van der Waals surface area (Å²) in [6.07, 6.45) is 7.83. The van der Waals surface area contributed by atoms with E-state index in [1.54, 1.807) is 16.0 Å². The monoisotopic (exact) mass is 347 g/mol. The van der Waals surface area contributed by atoms with Crippen LogP contribution in [0.1, 0.15) is 70.2 Å². The van der Waals surface area contributed by atoms with Crippen LogP contribution in [0.3, 0.4) is 0 Å². The Morgan fingerprint density at radius 2 is 2.04 bits per heavy atom. The van der Waals surface area contributed by atoms with Crippen LogP contribution in [0.25, 0.3) is 10.2 Å². The zero-order valence-corrected chi connectivity index (χ0v) is 16.2. The molecule has 3 rings (SSSR count). The molecule has 2 heterocycles. The fourth-order valence-corrected chi connectivity index (χ4v) is 4.94. The summed E-state index contributed by atoms with van der Waals surface area (Å²) in [5.74, 6) is 0.683. The van der Waals surface area contributed by atoms with E-state index in [1.807, 2.05) is 0 Å². The predicted molar refractivity (Wildman–Crippen MR) is 101 cm³/mol. The summed E-state index contributed by atoms with van der Waals surface area (Å²) in [6.45, 7) is 9.84. The molecule has 4 nitrogen and oxygen atoms in total. The van der Waals surface area contributed by atoms with Gasteiger partial charge in [0.25, 0.3) is 5.56 Å². The minimum atomic E-state index is 0.0724. The second kappa shape index (κ2) is 6.95. The standard InChI is InChI=1S/C19H29N3OS/c1-5-6-7-8-11-22-18(23)16-14-10-9-13(19(2,3)4)12-15(14)24-17(16)20-21-22/h13H,5-12H2,1-4H3/t13-/m1/s1. The summed E-state index contributed by atoms with van der Waals surface area (Å²) in [5, 5.41) is 9.40. The molecule has 1 aliphatic rings. The number of hydrogen-bond donors (Lipinski definition) is 0. The second-order valence-corrected chi connectivity index (χ2v) is 9.25. The first-order valence-electron chi connectivity index (χ1n) is 9.30. The Hall–Kier alpha value is -1.23. The minimum absolute atomic E-state index is 0.0724. The van der Waals surface area contributed by atoms with Crippen LogP contribution in [0.5, 0.6) is 0 Å². The topological polar surface area (TPSA) is 47.8 Å². The van der Waals surface area contributed by atoms with E-state index in [1.165, 1.54) is 29.7 Å². The summed E-state index contributed by atoms with van der Waals surface area (Å²) in [4.78, 5) is 15.1. The normalized spacial score (nSPS) is 18.1. The molecule has 0 N–H and O–H groups in total. The largest absolute Gasteiger partial charge is 0.278 e. The molecule has 2 aromatic rings. The summed E-state index contributed by atoms with van der Waals surface area (Å²) in [5.41, 5.74) is 1.65. The van der Waals surface area contributed by atoms with Crippen molar-refractivity contribution in [2.24, 2.45) is 11.3 Å². The van der Waals surface area contributed by atoms with E-state index >= 15 is 0 Å². The molecule has 0 spiro atoms. The molecule has 0 saturated heterocycles. The fraction of sp³-hybridized carbons (Fsp3) is 0.737. The van der Waals surface area contributed by atoms with Crippen molar-refractivity contribution >= 4 is 21.6 Å². The van der Waals surface area contributed by atoms with Crippen molar-refractivity contribution in [3.63, 3.8) is 0 Å². The third kappa shape index (κ3) is 3.41. The third-order valence-electron chi connectivity index (χ3n) is 5.39. The zero-order valence-electron chi connectivity index (χ0n) is 15.4. The summed E-state index contributed by atoms with van der Waals surface area (Å²) in [7, 11) is 0. The first-order valence-corrected chi connectivity index (χ1v) is 10.1. The van der Waals surface area contributed by atoms with E-state index in [0.717, 1.165) is 35.9 Å². The van der Waals surface area contributed by atoms with E-state index in [2.05, 4.69) is 38.0 Å². The van der Waals surface area contributed by atoms with E-state index < -0.39 is 0 Å². The molecule has 0 aromatic carbocycles. The highest BCUT2D eigenvalue weighted by molar-refractivity contribution is 7.18. The van der Waals surface area contributed by atoms with Gasteiger partial charge in [-0.05, 0) is 42.6 Å². The molecule has 0 saturated carbocycles. The molecule has 0 amide bonds. The van der Waals surface area contributed by atoms with Gasteiger partial charge in [-0.25, -0.2) is 4.68 Å². The fourth-order valence-electron chi connectivity index (χ4n) is 3.70. The zero-order chi connectivity index (χ0) is 17.3. The highest BCUT2D eigenvalue weighted by atomic mass is 32.1. The lowest BCUT2D eigenvalue weighted by molar-refractivity contribution is 0.218. The van der Waals surface area contributed by atoms with E-state index in [-0.39, 0.29) is 5.56 Å². The van der Waals surface area contributed by atoms with Crippen molar-refractivity contribution in [1.29, 1.82) is 0 Å². The Morgan fingerprint density at radius 1 is 1.25 bits per heavy atom. The van der Waals surface area contributed by atoms with Crippen LogP contribution in [0.15, 0.2) is 4.79 Å². The van der Waals surface area contributed by atoms with Crippen molar-refractivity contribution in [2.75, 3.05) is 0 Å². The Morgan fingerprint density at radius 3 is 2.75 bits per heavy atom. The first-order chi connectivity index (χ1) is 11.4. The smallest absolute Gasteiger partial charge is 0.267 e. The molecule has 24 heavy (non-hydrogen) atoms. The minimum Gasteiger partial charge on any atom is -0.267 e. The van der Waals surface area contributed by atoms with Gasteiger partial charge in [0, 0.05) is 11.4 Å². The molecule has 0 aliphatic heterocycles. The molecule has 0 unspecified atom stereocenters. The second-order valence-electron chi connectivity index (χ2n) is 8.17. The van der Waals surface area contributed by atoms with Gasteiger partial charge in [0.05, 0.1) is 5.39 Å². The van der Waals surface area contributed by atoms with Gasteiger partial charge in [0.1, 0.15) is 0 Å². The van der Waals surface area contributed by atoms with Crippen LogP contribution in [-0.4, -0.2) is 15.0 Å². The molecule has 0 fully saturated rings. The quantitative estimate of drug-likeness (QED) is 0.744. The van der Waals surface area contributed by atoms with E-state index in [0.29, 0.717) is 17.9 Å². The van der Waals surface area contributed by atoms with Crippen LogP contribution in [0.2, 0.25) is 0 Å². The molecule has 5 heteroatoms. The third-order valence-corrected chi connectivity index (χ3v) is 6.53. The molecule has 2 aromatic heterocycles. The number of aryl methyl sites for hydroxylation is 2. The highest BCUT2D eigenvalue weighted by Crippen LogP contribution is 2.41. The van der Waals surface area contributed by atoms with Crippen LogP contribution < -0.4 is 5.56 Å². The maximum Gasteiger partial charge on any atom is 0.278 e. The number of aromatic nitrogens is 3. The Bertz CT molecular complexity index is 769. The van der Waals surface area contributed by atoms with Gasteiger partial charge in [-0.3, -0.25) is 4.79 Å². The van der Waals surface area contributed by atoms with Gasteiger partial charge < -0.3 is 0 Å². The van der Waals surface area contributed by atoms with E-state index in [9.17, 15) is 4.79 Å². The lowest BCUT2D eigenvalue weighted by atomic mass is 9.72. The van der Waals surface area contributed by atoms with Crippen LogP contribution in [0, 0.1) is 11.3 Å². The maximum absolute atomic E-state index is 12.9. The van der Waals surface area contributed by atoms with Gasteiger partial charge in [-0.1, -0.05) is 52.2 Å². The molecule has 0 radical (unpaired) electrons. The molecule has 132 valence electrons. The van der Waals surface area contributed by atoms with Crippen molar-refractivity contribution < 1.29 is 0 Å². The first kappa shape index (κ1) is 17.6.